The minimum absolute atomic E-state index is 0.0400. The number of hydrogen-bond acceptors (Lipinski definition) is 14. The molecule has 0 amide bonds. The number of Topliss-reactive ketones (excluding diaryl/α,β-unsaturated/α-hetero) is 1. The molecule has 3 aliphatic heterocycles. The standard InChI is InChI=1S/C48H73FN2O12/c1-11-28-13-12-14-37(63-40-18-16-36(51(5)6)25(3)59-40)24(2)43(53)34-22-31-30-20-29(62-48-47(58-10)46(57-9)45(56-8)26(4)60-48)21-33(30)44(54)42(41(31)32(34)23-39(52)61-28)50-35-19-27(49)15-17-38(35)55-7/h15,17,19,22,24-26,28-33,36-37,40-42,44-48,50,54H,11-14,16,18,20-21,23H2,1-10H3/t24-,25?,26?,28+,29+,30+,31+,32-,33-,36+,37+,40+,41-,42-,44-,45+,46?,47?,48+/m1/s1. The van der Waals surface area contributed by atoms with Gasteiger partial charge in [-0.3, -0.25) is 9.59 Å². The summed E-state index contributed by atoms with van der Waals surface area (Å²) in [4.78, 5) is 31.5. The molecule has 19 atom stereocenters. The van der Waals surface area contributed by atoms with Gasteiger partial charge in [-0.05, 0) is 121 Å². The van der Waals surface area contributed by atoms with Gasteiger partial charge in [-0.25, -0.2) is 4.39 Å². The highest BCUT2D eigenvalue weighted by molar-refractivity contribution is 5.99. The monoisotopic (exact) mass is 889 g/mol. The predicted octanol–water partition coefficient (Wildman–Crippen LogP) is 5.92. The molecule has 7 rings (SSSR count). The van der Waals surface area contributed by atoms with Crippen LogP contribution in [-0.4, -0.2) is 144 Å². The summed E-state index contributed by atoms with van der Waals surface area (Å²) >= 11 is 0. The number of halogens is 1. The molecule has 63 heavy (non-hydrogen) atoms. The number of rotatable bonds is 12. The zero-order valence-electron chi connectivity index (χ0n) is 38.9. The van der Waals surface area contributed by atoms with E-state index in [0.29, 0.717) is 62.0 Å². The molecule has 4 unspecified atom stereocenters. The van der Waals surface area contributed by atoms with Crippen molar-refractivity contribution in [3.63, 3.8) is 0 Å². The van der Waals surface area contributed by atoms with Crippen LogP contribution in [-0.2, 0) is 47.5 Å². The van der Waals surface area contributed by atoms with Crippen molar-refractivity contribution >= 4 is 17.4 Å². The third-order valence-corrected chi connectivity index (χ3v) is 15.4. The van der Waals surface area contributed by atoms with Gasteiger partial charge in [-0.2, -0.15) is 0 Å². The number of aliphatic hydroxyl groups excluding tert-OH is 1. The highest BCUT2D eigenvalue weighted by Gasteiger charge is 2.60. The average molecular weight is 889 g/mol. The van der Waals surface area contributed by atoms with Crippen molar-refractivity contribution in [1.82, 2.24) is 4.90 Å². The number of carbonyl (C=O) groups excluding carboxylic acids is 2. The van der Waals surface area contributed by atoms with Gasteiger partial charge in [0, 0.05) is 45.3 Å². The van der Waals surface area contributed by atoms with Crippen LogP contribution in [0.4, 0.5) is 10.1 Å². The Morgan fingerprint density at radius 1 is 0.889 bits per heavy atom. The van der Waals surface area contributed by atoms with Gasteiger partial charge in [-0.15, -0.1) is 0 Å². The van der Waals surface area contributed by atoms with Crippen LogP contribution in [0.5, 0.6) is 5.75 Å². The second-order valence-corrected chi connectivity index (χ2v) is 19.1. The van der Waals surface area contributed by atoms with Crippen molar-refractivity contribution in [2.75, 3.05) is 47.9 Å². The van der Waals surface area contributed by atoms with E-state index in [1.165, 1.54) is 19.2 Å². The highest BCUT2D eigenvalue weighted by Crippen LogP contribution is 2.58. The number of likely N-dealkylation sites (N-methyl/N-ethyl adjacent to an activating group) is 1. The number of anilines is 1. The zero-order chi connectivity index (χ0) is 45.3. The highest BCUT2D eigenvalue weighted by atomic mass is 19.1. The number of fused-ring (bicyclic) bond motifs is 5. The molecule has 0 spiro atoms. The summed E-state index contributed by atoms with van der Waals surface area (Å²) in [7, 11) is 10.5. The Bertz CT molecular complexity index is 1750. The molecule has 3 heterocycles. The summed E-state index contributed by atoms with van der Waals surface area (Å²) in [5.74, 6) is -2.79. The summed E-state index contributed by atoms with van der Waals surface area (Å²) in [6.07, 6.45) is 2.26. The van der Waals surface area contributed by atoms with Gasteiger partial charge in [0.1, 0.15) is 36.0 Å². The van der Waals surface area contributed by atoms with Crippen LogP contribution in [0, 0.1) is 41.3 Å². The lowest BCUT2D eigenvalue weighted by Gasteiger charge is -2.48. The molecule has 3 aliphatic carbocycles. The van der Waals surface area contributed by atoms with Gasteiger partial charge in [0.2, 0.25) is 0 Å². The number of hydrogen-bond donors (Lipinski definition) is 2. The van der Waals surface area contributed by atoms with E-state index in [1.54, 1.807) is 27.4 Å². The zero-order valence-corrected chi connectivity index (χ0v) is 38.9. The minimum Gasteiger partial charge on any atom is -0.495 e. The Kier molecular flexibility index (Phi) is 15.9. The van der Waals surface area contributed by atoms with E-state index in [2.05, 4.69) is 37.3 Å². The summed E-state index contributed by atoms with van der Waals surface area (Å²) in [6.45, 7) is 7.94. The number of carbonyl (C=O) groups is 2. The number of benzene rings is 1. The Morgan fingerprint density at radius 2 is 1.62 bits per heavy atom. The van der Waals surface area contributed by atoms with Crippen LogP contribution < -0.4 is 10.1 Å². The van der Waals surface area contributed by atoms with Crippen molar-refractivity contribution in [2.45, 2.75) is 165 Å². The first-order valence-corrected chi connectivity index (χ1v) is 23.3. The molecule has 1 aromatic carbocycles. The minimum atomic E-state index is -0.972. The smallest absolute Gasteiger partial charge is 0.306 e. The number of esters is 1. The second kappa shape index (κ2) is 20.8. The molecular weight excluding hydrogens is 816 g/mol. The molecule has 0 bridgehead atoms. The fraction of sp³-hybridized carbons (Fsp3) is 0.792. The molecule has 354 valence electrons. The maximum atomic E-state index is 15.2. The summed E-state index contributed by atoms with van der Waals surface area (Å²) in [6, 6.07) is 3.79. The van der Waals surface area contributed by atoms with E-state index < -0.39 is 66.6 Å². The quantitative estimate of drug-likeness (QED) is 0.239. The first kappa shape index (κ1) is 48.2. The molecule has 0 radical (unpaired) electrons. The van der Waals surface area contributed by atoms with Gasteiger partial charge >= 0.3 is 5.97 Å². The number of nitrogens with one attached hydrogen (secondary N) is 1. The third kappa shape index (κ3) is 10.0. The number of aliphatic hydroxyl groups is 1. The van der Waals surface area contributed by atoms with Crippen LogP contribution in [0.1, 0.15) is 85.5 Å². The van der Waals surface area contributed by atoms with Crippen molar-refractivity contribution < 1.29 is 61.7 Å². The van der Waals surface area contributed by atoms with Crippen LogP contribution in [0.25, 0.3) is 0 Å². The first-order valence-electron chi connectivity index (χ1n) is 23.3. The lowest BCUT2D eigenvalue weighted by molar-refractivity contribution is -0.314. The van der Waals surface area contributed by atoms with E-state index in [0.717, 1.165) is 6.42 Å². The summed E-state index contributed by atoms with van der Waals surface area (Å²) in [5.41, 5.74) is 0.923. The van der Waals surface area contributed by atoms with Gasteiger partial charge in [0.15, 0.2) is 18.4 Å². The largest absolute Gasteiger partial charge is 0.495 e. The maximum Gasteiger partial charge on any atom is 0.306 e. The van der Waals surface area contributed by atoms with Gasteiger partial charge in [0.25, 0.3) is 0 Å². The number of ketones is 1. The number of allylic oxidation sites excluding steroid dienone is 2. The van der Waals surface area contributed by atoms with Crippen molar-refractivity contribution in [2.24, 2.45) is 35.5 Å². The normalized spacial score (nSPS) is 42.3. The van der Waals surface area contributed by atoms with Crippen molar-refractivity contribution in [1.29, 1.82) is 0 Å². The molecule has 6 aliphatic rings. The number of ether oxygens (including phenoxy) is 9. The molecule has 0 aromatic heterocycles. The van der Waals surface area contributed by atoms with Crippen molar-refractivity contribution in [3.05, 3.63) is 35.7 Å². The Hall–Kier alpha value is -2.73. The van der Waals surface area contributed by atoms with E-state index in [1.807, 2.05) is 20.8 Å². The molecular formula is C48H73FN2O12. The van der Waals surface area contributed by atoms with E-state index in [-0.39, 0.29) is 72.5 Å². The molecule has 15 heteroatoms. The van der Waals surface area contributed by atoms with Gasteiger partial charge < -0.3 is 58.0 Å². The van der Waals surface area contributed by atoms with E-state index in [4.69, 9.17) is 42.6 Å². The van der Waals surface area contributed by atoms with Crippen molar-refractivity contribution in [3.8, 4) is 5.75 Å². The Balaban J connectivity index is 1.23. The third-order valence-electron chi connectivity index (χ3n) is 15.4. The summed E-state index contributed by atoms with van der Waals surface area (Å²) < 4.78 is 70.6. The number of nitrogens with zero attached hydrogens (tertiary/aromatic N) is 1. The lowest BCUT2D eigenvalue weighted by atomic mass is 9.62. The summed E-state index contributed by atoms with van der Waals surface area (Å²) in [5, 5.41) is 16.2. The average Bonchev–Trinajstić information content (AvgIpc) is 3.85. The molecule has 2 N–H and O–H groups in total. The molecule has 14 nitrogen and oxygen atoms in total. The lowest BCUT2D eigenvalue weighted by Crippen LogP contribution is -2.59. The second-order valence-electron chi connectivity index (χ2n) is 19.1. The fourth-order valence-electron chi connectivity index (χ4n) is 12.2. The van der Waals surface area contributed by atoms with Gasteiger partial charge in [0.05, 0.1) is 55.8 Å². The topological polar surface area (TPSA) is 153 Å². The first-order chi connectivity index (χ1) is 30.2. The molecule has 3 saturated heterocycles. The van der Waals surface area contributed by atoms with Gasteiger partial charge in [-0.1, -0.05) is 19.9 Å². The maximum absolute atomic E-state index is 15.2. The van der Waals surface area contributed by atoms with E-state index in [9.17, 15) is 14.3 Å². The number of methoxy groups -OCH3 is 4. The predicted molar refractivity (Wildman–Crippen MR) is 231 cm³/mol. The fourth-order valence-corrected chi connectivity index (χ4v) is 12.2. The molecule has 2 saturated carbocycles. The van der Waals surface area contributed by atoms with Crippen LogP contribution in [0.3, 0.4) is 0 Å². The molecule has 5 fully saturated rings. The Labute approximate surface area is 373 Å². The van der Waals surface area contributed by atoms with Crippen LogP contribution >= 0.6 is 0 Å². The van der Waals surface area contributed by atoms with Crippen LogP contribution in [0.15, 0.2) is 29.8 Å². The number of cyclic esters (lactones) is 1. The SMILES string of the molecule is CC[C@H]1CCC[C@H](O[C@H]2CC[C@H](N(C)C)C(C)O2)[C@@H](C)C(=O)C2=C[C@H]3[C@@H]4C[C@H](O[C@@H]5OC(C)[C@H](OC)C(OC)C5OC)C[C@H]4[C@@H](O)[C@H](Nc4cc(F)ccc4OC)[C@H]3[C@@H]2CC(=O)O1. The Morgan fingerprint density at radius 3 is 2.29 bits per heavy atom. The van der Waals surface area contributed by atoms with Crippen LogP contribution in [0.2, 0.25) is 0 Å². The van der Waals surface area contributed by atoms with E-state index >= 15 is 4.79 Å². The molecule has 1 aromatic rings.